The lowest BCUT2D eigenvalue weighted by atomic mass is 10.0. The average molecular weight is 628 g/mol. The first kappa shape index (κ1) is 30.7. The minimum atomic E-state index is -1.79. The first-order valence-electron chi connectivity index (χ1n) is 12.7. The van der Waals surface area contributed by atoms with Crippen LogP contribution in [0.5, 0.6) is 0 Å². The summed E-state index contributed by atoms with van der Waals surface area (Å²) in [5.74, 6) is -2.00. The lowest BCUT2D eigenvalue weighted by molar-refractivity contribution is -0.162. The minimum Gasteiger partial charge on any atom is -0.478 e. The number of amides is 3. The largest absolute Gasteiger partial charge is 0.478 e. The summed E-state index contributed by atoms with van der Waals surface area (Å²) in [6.45, 7) is 0.868. The number of cyclic esters (lactones) is 1. The van der Waals surface area contributed by atoms with Crippen molar-refractivity contribution in [2.45, 2.75) is 24.6 Å². The van der Waals surface area contributed by atoms with E-state index in [0.29, 0.717) is 48.1 Å². The number of anilines is 2. The Labute approximate surface area is 250 Å². The summed E-state index contributed by atoms with van der Waals surface area (Å²) in [5.41, 5.74) is -0.593. The van der Waals surface area contributed by atoms with Gasteiger partial charge < -0.3 is 29.2 Å². The molecule has 2 aromatic rings. The maximum Gasteiger partial charge on any atom is 0.414 e. The number of aliphatic carboxylic acids is 1. The van der Waals surface area contributed by atoms with Crippen molar-refractivity contribution in [2.75, 3.05) is 55.7 Å². The summed E-state index contributed by atoms with van der Waals surface area (Å²) in [7, 11) is 0. The Hall–Kier alpha value is -3.23. The molecular weight excluding hydrogens is 599 g/mol. The third kappa shape index (κ3) is 5.90. The Morgan fingerprint density at radius 3 is 2.44 bits per heavy atom. The molecule has 0 bridgehead atoms. The number of morpholine rings is 1. The molecule has 1 N–H and O–H groups in total. The summed E-state index contributed by atoms with van der Waals surface area (Å²) in [5, 5.41) is 10.4. The zero-order valence-electron chi connectivity index (χ0n) is 21.8. The van der Waals surface area contributed by atoms with E-state index >= 15 is 0 Å². The van der Waals surface area contributed by atoms with Gasteiger partial charge in [0.25, 0.3) is 11.8 Å². The average Bonchev–Trinajstić information content (AvgIpc) is 3.66. The number of carbonyl (C=O) groups is 5. The van der Waals surface area contributed by atoms with Crippen molar-refractivity contribution in [1.82, 2.24) is 9.80 Å². The Kier molecular flexibility index (Phi) is 9.55. The summed E-state index contributed by atoms with van der Waals surface area (Å²) < 4.78 is 11.1. The molecular formula is C26H28Cl2N4O8S. The van der Waals surface area contributed by atoms with Gasteiger partial charge in [0.05, 0.1) is 35.5 Å². The topological polar surface area (TPSA) is 137 Å². The molecule has 12 nitrogen and oxygen atoms in total. The summed E-state index contributed by atoms with van der Waals surface area (Å²) in [6.07, 6.45) is -0.315. The SMILES string of the molecule is Cl.O=CCN1CCC[C@]1(C(=O)O)N(C[C@H]1CN(c2ccc(N3CCOCC3=O)cc2)C(=O)O1)C(=O)c1ccc(Cl)s1. The maximum atomic E-state index is 13.7. The smallest absolute Gasteiger partial charge is 0.414 e. The van der Waals surface area contributed by atoms with Gasteiger partial charge in [0.2, 0.25) is 0 Å². The molecule has 0 spiro atoms. The Morgan fingerprint density at radius 2 is 1.83 bits per heavy atom. The van der Waals surface area contributed by atoms with E-state index in [4.69, 9.17) is 21.1 Å². The number of carboxylic acids is 1. The molecule has 1 aromatic carbocycles. The van der Waals surface area contributed by atoms with Crippen LogP contribution in [0.2, 0.25) is 4.34 Å². The van der Waals surface area contributed by atoms with Crippen LogP contribution in [0.15, 0.2) is 36.4 Å². The Morgan fingerprint density at radius 1 is 1.12 bits per heavy atom. The second-order valence-corrected chi connectivity index (χ2v) is 11.3. The molecule has 0 aliphatic carbocycles. The fourth-order valence-electron chi connectivity index (χ4n) is 5.45. The number of hydrogen-bond acceptors (Lipinski definition) is 9. The van der Waals surface area contributed by atoms with E-state index in [2.05, 4.69) is 0 Å². The molecule has 1 aromatic heterocycles. The van der Waals surface area contributed by atoms with Crippen LogP contribution >= 0.6 is 35.3 Å². The van der Waals surface area contributed by atoms with Gasteiger partial charge in [0.1, 0.15) is 19.0 Å². The molecule has 5 rings (SSSR count). The quantitative estimate of drug-likeness (QED) is 0.416. The molecule has 41 heavy (non-hydrogen) atoms. The molecule has 3 aliphatic rings. The van der Waals surface area contributed by atoms with Crippen LogP contribution in [0, 0.1) is 0 Å². The predicted octanol–water partition coefficient (Wildman–Crippen LogP) is 2.73. The first-order valence-corrected chi connectivity index (χ1v) is 13.9. The van der Waals surface area contributed by atoms with E-state index in [-0.39, 0.29) is 55.9 Å². The van der Waals surface area contributed by atoms with Crippen LogP contribution in [-0.4, -0.2) is 103 Å². The molecule has 0 unspecified atom stereocenters. The van der Waals surface area contributed by atoms with Crippen LogP contribution in [0.3, 0.4) is 0 Å². The third-order valence-corrected chi connectivity index (χ3v) is 8.53. The lowest BCUT2D eigenvalue weighted by Crippen LogP contribution is -2.66. The van der Waals surface area contributed by atoms with Gasteiger partial charge in [0.15, 0.2) is 5.66 Å². The Bertz CT molecular complexity index is 1320. The summed E-state index contributed by atoms with van der Waals surface area (Å²) in [6, 6.07) is 9.91. The van der Waals surface area contributed by atoms with E-state index in [1.807, 2.05) is 0 Å². The highest BCUT2D eigenvalue weighted by Gasteiger charge is 2.55. The highest BCUT2D eigenvalue weighted by molar-refractivity contribution is 7.18. The summed E-state index contributed by atoms with van der Waals surface area (Å²) >= 11 is 7.08. The highest BCUT2D eigenvalue weighted by atomic mass is 35.5. The highest BCUT2D eigenvalue weighted by Crippen LogP contribution is 2.37. The van der Waals surface area contributed by atoms with E-state index in [0.717, 1.165) is 11.3 Å². The van der Waals surface area contributed by atoms with Gasteiger partial charge in [-0.25, -0.2) is 9.59 Å². The molecule has 3 aliphatic heterocycles. The van der Waals surface area contributed by atoms with Gasteiger partial charge in [-0.05, 0) is 49.2 Å². The maximum absolute atomic E-state index is 13.7. The van der Waals surface area contributed by atoms with Crippen molar-refractivity contribution in [3.8, 4) is 0 Å². The van der Waals surface area contributed by atoms with Gasteiger partial charge in [-0.1, -0.05) is 11.6 Å². The van der Waals surface area contributed by atoms with Gasteiger partial charge >= 0.3 is 12.1 Å². The van der Waals surface area contributed by atoms with Crippen LogP contribution in [0.4, 0.5) is 16.2 Å². The number of benzene rings is 1. The van der Waals surface area contributed by atoms with Crippen LogP contribution in [0.1, 0.15) is 22.5 Å². The number of likely N-dealkylation sites (tertiary alicyclic amines) is 1. The van der Waals surface area contributed by atoms with E-state index in [1.165, 1.54) is 20.8 Å². The number of carbonyl (C=O) groups excluding carboxylic acids is 4. The van der Waals surface area contributed by atoms with Crippen LogP contribution in [0.25, 0.3) is 0 Å². The van der Waals surface area contributed by atoms with E-state index in [1.54, 1.807) is 35.2 Å². The number of aldehydes is 1. The Balaban J connectivity index is 0.00000387. The zero-order chi connectivity index (χ0) is 28.4. The van der Waals surface area contributed by atoms with Gasteiger partial charge in [-0.3, -0.25) is 19.4 Å². The fraction of sp³-hybridized carbons (Fsp3) is 0.423. The van der Waals surface area contributed by atoms with Crippen LogP contribution < -0.4 is 9.80 Å². The van der Waals surface area contributed by atoms with Crippen molar-refractivity contribution < 1.29 is 38.6 Å². The lowest BCUT2D eigenvalue weighted by Gasteiger charge is -2.43. The second-order valence-electron chi connectivity index (χ2n) is 9.59. The van der Waals surface area contributed by atoms with Gasteiger partial charge in [-0.15, -0.1) is 23.7 Å². The van der Waals surface area contributed by atoms with Crippen molar-refractivity contribution in [2.24, 2.45) is 0 Å². The number of nitrogens with zero attached hydrogens (tertiary/aromatic N) is 4. The number of hydrogen-bond donors (Lipinski definition) is 1. The van der Waals surface area contributed by atoms with Crippen molar-refractivity contribution in [3.63, 3.8) is 0 Å². The number of rotatable bonds is 9. The fourth-order valence-corrected chi connectivity index (χ4v) is 6.45. The second kappa shape index (κ2) is 12.7. The number of halogens is 2. The van der Waals surface area contributed by atoms with Crippen molar-refractivity contribution in [3.05, 3.63) is 45.6 Å². The third-order valence-electron chi connectivity index (χ3n) is 7.31. The molecule has 4 heterocycles. The molecule has 0 saturated carbocycles. The first-order chi connectivity index (χ1) is 19.2. The molecule has 220 valence electrons. The van der Waals surface area contributed by atoms with E-state index in [9.17, 15) is 29.1 Å². The van der Waals surface area contributed by atoms with Gasteiger partial charge in [0, 0.05) is 24.5 Å². The molecule has 0 radical (unpaired) electrons. The number of ether oxygens (including phenoxy) is 2. The molecule has 2 atom stereocenters. The van der Waals surface area contributed by atoms with E-state index < -0.39 is 29.7 Å². The summed E-state index contributed by atoms with van der Waals surface area (Å²) in [4.78, 5) is 68.9. The van der Waals surface area contributed by atoms with Crippen molar-refractivity contribution in [1.29, 1.82) is 0 Å². The zero-order valence-corrected chi connectivity index (χ0v) is 24.2. The normalized spacial score (nSPS) is 22.8. The molecule has 3 fully saturated rings. The minimum absolute atomic E-state index is 0. The van der Waals surface area contributed by atoms with Crippen molar-refractivity contribution >= 4 is 76.9 Å². The number of thiophene rings is 1. The predicted molar refractivity (Wildman–Crippen MR) is 152 cm³/mol. The molecule has 15 heteroatoms. The van der Waals surface area contributed by atoms with Gasteiger partial charge in [-0.2, -0.15) is 0 Å². The standard InChI is InChI=1S/C26H27ClN4O8S.ClH/c27-21-7-6-20(40-21)23(34)31(26(24(35)36)8-1-9-28(26)10-12-32)15-19-14-30(25(37)39-19)18-4-2-17(3-5-18)29-11-13-38-16-22(29)33;/h2-7,12,19H,1,8-11,13-16H2,(H,35,36);1H/t19-,26-;/m1./s1. The molecule has 3 saturated heterocycles. The number of carboxylic acid groups (broad SMARTS) is 1. The monoisotopic (exact) mass is 626 g/mol. The van der Waals surface area contributed by atoms with Crippen LogP contribution in [-0.2, 0) is 23.9 Å². The molecule has 3 amide bonds.